The third-order valence-electron chi connectivity index (χ3n) is 4.75. The van der Waals surface area contributed by atoms with Gasteiger partial charge < -0.3 is 10.2 Å². The van der Waals surface area contributed by atoms with Crippen LogP contribution in [0.1, 0.15) is 24.8 Å². The highest BCUT2D eigenvalue weighted by atomic mass is 35.5. The Morgan fingerprint density at radius 1 is 1.30 bits per heavy atom. The molecule has 1 amide bonds. The number of hydrogen-bond donors (Lipinski definition) is 1. The summed E-state index contributed by atoms with van der Waals surface area (Å²) in [4.78, 5) is 16.4. The Labute approximate surface area is 141 Å². The van der Waals surface area contributed by atoms with Crippen LogP contribution in [0.15, 0.2) is 18.2 Å². The minimum Gasteiger partial charge on any atom is -0.340 e. The van der Waals surface area contributed by atoms with E-state index >= 15 is 0 Å². The van der Waals surface area contributed by atoms with E-state index in [1.807, 2.05) is 4.90 Å². The van der Waals surface area contributed by atoms with Gasteiger partial charge in [-0.1, -0.05) is 17.7 Å². The number of nitrogens with one attached hydrogen (secondary N) is 1. The van der Waals surface area contributed by atoms with Crippen molar-refractivity contribution in [3.05, 3.63) is 34.6 Å². The van der Waals surface area contributed by atoms with Gasteiger partial charge in [-0.15, -0.1) is 0 Å². The largest absolute Gasteiger partial charge is 0.340 e. The zero-order valence-corrected chi connectivity index (χ0v) is 14.0. The monoisotopic (exact) mass is 339 g/mol. The molecule has 2 aliphatic heterocycles. The van der Waals surface area contributed by atoms with E-state index in [-0.39, 0.29) is 11.7 Å². The molecule has 0 saturated carbocycles. The fraction of sp³-hybridized carbons (Fsp3) is 0.588. The molecule has 2 saturated heterocycles. The molecule has 0 bridgehead atoms. The number of amides is 1. The Morgan fingerprint density at radius 3 is 2.74 bits per heavy atom. The number of benzene rings is 1. The van der Waals surface area contributed by atoms with E-state index in [2.05, 4.69) is 10.2 Å². The van der Waals surface area contributed by atoms with Crippen molar-refractivity contribution >= 4 is 17.5 Å². The Balaban J connectivity index is 1.49. The SMILES string of the molecule is O=C(CC1CCCN1)N1CCN(Cc2c(F)cccc2Cl)CC1. The van der Waals surface area contributed by atoms with Crippen LogP contribution >= 0.6 is 11.6 Å². The third-order valence-corrected chi connectivity index (χ3v) is 5.11. The first-order chi connectivity index (χ1) is 11.1. The Morgan fingerprint density at radius 2 is 2.09 bits per heavy atom. The average Bonchev–Trinajstić information content (AvgIpc) is 3.04. The van der Waals surface area contributed by atoms with Crippen LogP contribution in [0.2, 0.25) is 5.02 Å². The summed E-state index contributed by atoms with van der Waals surface area (Å²) >= 11 is 6.08. The molecule has 0 spiro atoms. The summed E-state index contributed by atoms with van der Waals surface area (Å²) in [6.45, 7) is 4.45. The second-order valence-electron chi connectivity index (χ2n) is 6.35. The summed E-state index contributed by atoms with van der Waals surface area (Å²) in [5.41, 5.74) is 0.545. The van der Waals surface area contributed by atoms with Crippen LogP contribution in [0.3, 0.4) is 0 Å². The standard InChI is InChI=1S/C17H23ClFN3O/c18-15-4-1-5-16(19)14(15)12-21-7-9-22(10-8-21)17(23)11-13-3-2-6-20-13/h1,4-5,13,20H,2-3,6-12H2. The van der Waals surface area contributed by atoms with Gasteiger partial charge in [-0.25, -0.2) is 4.39 Å². The summed E-state index contributed by atoms with van der Waals surface area (Å²) in [5, 5.41) is 3.83. The number of nitrogens with zero attached hydrogens (tertiary/aromatic N) is 2. The van der Waals surface area contributed by atoms with Crippen molar-refractivity contribution in [3.63, 3.8) is 0 Å². The lowest BCUT2D eigenvalue weighted by molar-refractivity contribution is -0.133. The van der Waals surface area contributed by atoms with E-state index in [1.165, 1.54) is 6.07 Å². The Kier molecular flexibility index (Phi) is 5.51. The second kappa shape index (κ2) is 7.60. The first-order valence-electron chi connectivity index (χ1n) is 8.30. The lowest BCUT2D eigenvalue weighted by Gasteiger charge is -2.35. The van der Waals surface area contributed by atoms with Gasteiger partial charge in [0.15, 0.2) is 0 Å². The molecule has 2 fully saturated rings. The Hall–Kier alpha value is -1.17. The number of piperazine rings is 1. The van der Waals surface area contributed by atoms with Gasteiger partial charge in [0.1, 0.15) is 5.82 Å². The van der Waals surface area contributed by atoms with Crippen molar-refractivity contribution in [1.29, 1.82) is 0 Å². The minimum absolute atomic E-state index is 0.230. The minimum atomic E-state index is -0.261. The highest BCUT2D eigenvalue weighted by molar-refractivity contribution is 6.31. The average molecular weight is 340 g/mol. The van der Waals surface area contributed by atoms with E-state index < -0.39 is 0 Å². The maximum atomic E-state index is 13.9. The number of carbonyl (C=O) groups is 1. The molecule has 1 atom stereocenters. The zero-order valence-electron chi connectivity index (χ0n) is 13.2. The molecule has 2 heterocycles. The molecular weight excluding hydrogens is 317 g/mol. The van der Waals surface area contributed by atoms with E-state index in [1.54, 1.807) is 12.1 Å². The lowest BCUT2D eigenvalue weighted by Crippen LogP contribution is -2.49. The van der Waals surface area contributed by atoms with Gasteiger partial charge >= 0.3 is 0 Å². The van der Waals surface area contributed by atoms with Gasteiger partial charge in [0.05, 0.1) is 0 Å². The van der Waals surface area contributed by atoms with E-state index in [4.69, 9.17) is 11.6 Å². The quantitative estimate of drug-likeness (QED) is 0.914. The fourth-order valence-electron chi connectivity index (χ4n) is 3.33. The summed E-state index contributed by atoms with van der Waals surface area (Å²) in [7, 11) is 0. The topological polar surface area (TPSA) is 35.6 Å². The van der Waals surface area contributed by atoms with Crippen LogP contribution in [0, 0.1) is 5.82 Å². The van der Waals surface area contributed by atoms with Crippen LogP contribution in [-0.2, 0) is 11.3 Å². The normalized spacial score (nSPS) is 22.5. The fourth-order valence-corrected chi connectivity index (χ4v) is 3.56. The van der Waals surface area contributed by atoms with Crippen LogP contribution in [0.4, 0.5) is 4.39 Å². The number of halogens is 2. The molecule has 1 unspecified atom stereocenters. The van der Waals surface area contributed by atoms with Crippen molar-refractivity contribution in [2.45, 2.75) is 31.8 Å². The van der Waals surface area contributed by atoms with Crippen LogP contribution in [0.25, 0.3) is 0 Å². The summed E-state index contributed by atoms with van der Waals surface area (Å²) in [6, 6.07) is 5.12. The predicted octanol–water partition coefficient (Wildman–Crippen LogP) is 2.27. The van der Waals surface area contributed by atoms with Crippen LogP contribution < -0.4 is 5.32 Å². The molecule has 23 heavy (non-hydrogen) atoms. The van der Waals surface area contributed by atoms with Crippen molar-refractivity contribution in [3.8, 4) is 0 Å². The van der Waals surface area contributed by atoms with Crippen molar-refractivity contribution in [2.75, 3.05) is 32.7 Å². The molecule has 1 N–H and O–H groups in total. The Bertz CT molecular complexity index is 535. The van der Waals surface area contributed by atoms with E-state index in [9.17, 15) is 9.18 Å². The molecule has 3 rings (SSSR count). The van der Waals surface area contributed by atoms with Crippen molar-refractivity contribution < 1.29 is 9.18 Å². The van der Waals surface area contributed by atoms with E-state index in [0.29, 0.717) is 42.7 Å². The molecular formula is C17H23ClFN3O. The molecule has 0 aromatic heterocycles. The van der Waals surface area contributed by atoms with Crippen molar-refractivity contribution in [2.24, 2.45) is 0 Å². The molecule has 126 valence electrons. The zero-order chi connectivity index (χ0) is 16.2. The maximum absolute atomic E-state index is 13.9. The molecule has 0 aliphatic carbocycles. The highest BCUT2D eigenvalue weighted by Crippen LogP contribution is 2.21. The lowest BCUT2D eigenvalue weighted by atomic mass is 10.1. The molecule has 0 radical (unpaired) electrons. The molecule has 6 heteroatoms. The maximum Gasteiger partial charge on any atom is 0.224 e. The second-order valence-corrected chi connectivity index (χ2v) is 6.76. The number of carbonyl (C=O) groups excluding carboxylic acids is 1. The number of rotatable bonds is 4. The van der Waals surface area contributed by atoms with Crippen LogP contribution in [0.5, 0.6) is 0 Å². The first kappa shape index (κ1) is 16.7. The van der Waals surface area contributed by atoms with Crippen molar-refractivity contribution in [1.82, 2.24) is 15.1 Å². The van der Waals surface area contributed by atoms with Gasteiger partial charge in [0.25, 0.3) is 0 Å². The molecule has 1 aromatic carbocycles. The van der Waals surface area contributed by atoms with Gasteiger partial charge in [-0.05, 0) is 31.5 Å². The molecule has 4 nitrogen and oxygen atoms in total. The summed E-state index contributed by atoms with van der Waals surface area (Å²) in [6.07, 6.45) is 2.85. The first-order valence-corrected chi connectivity index (χ1v) is 8.67. The summed E-state index contributed by atoms with van der Waals surface area (Å²) < 4.78 is 13.9. The smallest absolute Gasteiger partial charge is 0.224 e. The summed E-state index contributed by atoms with van der Waals surface area (Å²) in [5.74, 6) is -0.0312. The molecule has 1 aromatic rings. The predicted molar refractivity (Wildman–Crippen MR) is 88.9 cm³/mol. The van der Waals surface area contributed by atoms with Crippen LogP contribution in [-0.4, -0.2) is 54.5 Å². The van der Waals surface area contributed by atoms with E-state index in [0.717, 1.165) is 32.5 Å². The number of hydrogen-bond acceptors (Lipinski definition) is 3. The highest BCUT2D eigenvalue weighted by Gasteiger charge is 2.25. The molecule has 2 aliphatic rings. The van der Waals surface area contributed by atoms with Gasteiger partial charge in [-0.3, -0.25) is 9.69 Å². The van der Waals surface area contributed by atoms with Gasteiger partial charge in [0, 0.05) is 55.8 Å². The third kappa shape index (κ3) is 4.22. The van der Waals surface area contributed by atoms with Gasteiger partial charge in [-0.2, -0.15) is 0 Å². The van der Waals surface area contributed by atoms with Gasteiger partial charge in [0.2, 0.25) is 5.91 Å².